The Hall–Kier alpha value is -1.07. The van der Waals surface area contributed by atoms with Gasteiger partial charge in [0.05, 0.1) is 12.3 Å². The van der Waals surface area contributed by atoms with E-state index >= 15 is 0 Å². The molecule has 5 nitrogen and oxygen atoms in total. The van der Waals surface area contributed by atoms with Crippen LogP contribution in [-0.4, -0.2) is 41.1 Å². The molecule has 1 aromatic heterocycles. The Bertz CT molecular complexity index is 395. The summed E-state index contributed by atoms with van der Waals surface area (Å²) in [5, 5.41) is 17.3. The molecule has 0 radical (unpaired) electrons. The summed E-state index contributed by atoms with van der Waals surface area (Å²) >= 11 is 0. The standard InChI is InChI=1S/C15H30N4O/c1-6-7-19(8-9-20)15-14(11-16-10-12(2)3)13(4)17-18(15)5/h12,16,20H,6-11H2,1-5H3. The maximum absolute atomic E-state index is 9.28. The summed E-state index contributed by atoms with van der Waals surface area (Å²) in [6.45, 7) is 12.2. The fourth-order valence-corrected chi connectivity index (χ4v) is 2.49. The fourth-order valence-electron chi connectivity index (χ4n) is 2.49. The lowest BCUT2D eigenvalue weighted by Gasteiger charge is -2.25. The number of nitrogens with one attached hydrogen (secondary N) is 1. The maximum Gasteiger partial charge on any atom is 0.131 e. The molecule has 0 fully saturated rings. The second kappa shape index (κ2) is 8.27. The topological polar surface area (TPSA) is 53.3 Å². The van der Waals surface area contributed by atoms with Gasteiger partial charge in [-0.3, -0.25) is 4.68 Å². The minimum Gasteiger partial charge on any atom is -0.395 e. The molecule has 1 heterocycles. The minimum absolute atomic E-state index is 0.170. The highest BCUT2D eigenvalue weighted by Crippen LogP contribution is 2.23. The molecule has 0 spiro atoms. The summed E-state index contributed by atoms with van der Waals surface area (Å²) < 4.78 is 1.94. The summed E-state index contributed by atoms with van der Waals surface area (Å²) in [5.74, 6) is 1.77. The Kier molecular flexibility index (Phi) is 7.02. The van der Waals surface area contributed by atoms with Crippen molar-refractivity contribution in [2.24, 2.45) is 13.0 Å². The smallest absolute Gasteiger partial charge is 0.131 e. The van der Waals surface area contributed by atoms with Crippen LogP contribution in [0.3, 0.4) is 0 Å². The van der Waals surface area contributed by atoms with E-state index in [-0.39, 0.29) is 6.61 Å². The zero-order valence-electron chi connectivity index (χ0n) is 13.6. The molecule has 5 heteroatoms. The summed E-state index contributed by atoms with van der Waals surface area (Å²) in [7, 11) is 1.98. The number of hydrogen-bond acceptors (Lipinski definition) is 4. The van der Waals surface area contributed by atoms with E-state index in [1.807, 2.05) is 11.7 Å². The zero-order valence-corrected chi connectivity index (χ0v) is 13.6. The van der Waals surface area contributed by atoms with Crippen molar-refractivity contribution >= 4 is 5.82 Å². The zero-order chi connectivity index (χ0) is 15.1. The van der Waals surface area contributed by atoms with Crippen molar-refractivity contribution in [1.82, 2.24) is 15.1 Å². The van der Waals surface area contributed by atoms with Gasteiger partial charge in [-0.2, -0.15) is 5.10 Å². The van der Waals surface area contributed by atoms with Crippen LogP contribution in [0.1, 0.15) is 38.4 Å². The van der Waals surface area contributed by atoms with Gasteiger partial charge in [-0.15, -0.1) is 0 Å². The molecule has 0 aliphatic rings. The van der Waals surface area contributed by atoms with Gasteiger partial charge >= 0.3 is 0 Å². The molecule has 0 saturated heterocycles. The largest absolute Gasteiger partial charge is 0.395 e. The van der Waals surface area contributed by atoms with Crippen LogP contribution < -0.4 is 10.2 Å². The van der Waals surface area contributed by atoms with Gasteiger partial charge in [-0.05, 0) is 25.8 Å². The highest BCUT2D eigenvalue weighted by molar-refractivity contribution is 5.50. The van der Waals surface area contributed by atoms with Crippen molar-refractivity contribution in [2.75, 3.05) is 31.1 Å². The lowest BCUT2D eigenvalue weighted by atomic mass is 10.2. The van der Waals surface area contributed by atoms with Crippen LogP contribution in [0.2, 0.25) is 0 Å². The van der Waals surface area contributed by atoms with Gasteiger partial charge in [-0.25, -0.2) is 0 Å². The van der Waals surface area contributed by atoms with Gasteiger partial charge in [0, 0.05) is 32.2 Å². The first-order valence-corrected chi connectivity index (χ1v) is 7.60. The maximum atomic E-state index is 9.28. The molecule has 0 amide bonds. The van der Waals surface area contributed by atoms with Gasteiger partial charge < -0.3 is 15.3 Å². The molecule has 116 valence electrons. The number of hydrogen-bond donors (Lipinski definition) is 2. The van der Waals surface area contributed by atoms with E-state index in [2.05, 4.69) is 43.0 Å². The first kappa shape index (κ1) is 17.0. The summed E-state index contributed by atoms with van der Waals surface area (Å²) in [6.07, 6.45) is 1.06. The van der Waals surface area contributed by atoms with Gasteiger partial charge in [-0.1, -0.05) is 20.8 Å². The van der Waals surface area contributed by atoms with Crippen LogP contribution in [0.5, 0.6) is 0 Å². The molecule has 0 aromatic carbocycles. The Labute approximate surface area is 123 Å². The van der Waals surface area contributed by atoms with Gasteiger partial charge in [0.15, 0.2) is 0 Å². The average molecular weight is 282 g/mol. The Morgan fingerprint density at radius 1 is 1.35 bits per heavy atom. The molecule has 0 saturated carbocycles. The number of aliphatic hydroxyl groups excluding tert-OH is 1. The van der Waals surface area contributed by atoms with Gasteiger partial charge in [0.2, 0.25) is 0 Å². The predicted octanol–water partition coefficient (Wildman–Crippen LogP) is 1.68. The van der Waals surface area contributed by atoms with E-state index < -0.39 is 0 Å². The normalized spacial score (nSPS) is 11.3. The summed E-state index contributed by atoms with van der Waals surface area (Å²) in [4.78, 5) is 2.23. The molecule has 2 N–H and O–H groups in total. The first-order valence-electron chi connectivity index (χ1n) is 7.60. The molecule has 0 bridgehead atoms. The second-order valence-corrected chi connectivity index (χ2v) is 5.75. The van der Waals surface area contributed by atoms with Crippen molar-refractivity contribution in [3.8, 4) is 0 Å². The number of rotatable bonds is 9. The van der Waals surface area contributed by atoms with Crippen molar-refractivity contribution < 1.29 is 5.11 Å². The SMILES string of the molecule is CCCN(CCO)c1c(CNCC(C)C)c(C)nn1C. The van der Waals surface area contributed by atoms with Crippen molar-refractivity contribution in [1.29, 1.82) is 0 Å². The highest BCUT2D eigenvalue weighted by Gasteiger charge is 2.18. The van der Waals surface area contributed by atoms with Crippen molar-refractivity contribution in [2.45, 2.75) is 40.7 Å². The van der Waals surface area contributed by atoms with Crippen LogP contribution in [0.25, 0.3) is 0 Å². The molecule has 0 aliphatic heterocycles. The van der Waals surface area contributed by atoms with Gasteiger partial charge in [0.1, 0.15) is 5.82 Å². The molecule has 0 atom stereocenters. The Morgan fingerprint density at radius 3 is 2.60 bits per heavy atom. The third-order valence-corrected chi connectivity index (χ3v) is 3.33. The quantitative estimate of drug-likeness (QED) is 0.723. The van der Waals surface area contributed by atoms with Crippen LogP contribution in [0, 0.1) is 12.8 Å². The first-order chi connectivity index (χ1) is 9.51. The third kappa shape index (κ3) is 4.49. The van der Waals surface area contributed by atoms with E-state index in [1.54, 1.807) is 0 Å². The molecule has 1 rings (SSSR count). The Balaban J connectivity index is 2.91. The number of aromatic nitrogens is 2. The van der Waals surface area contributed by atoms with E-state index in [0.29, 0.717) is 12.5 Å². The fraction of sp³-hybridized carbons (Fsp3) is 0.800. The van der Waals surface area contributed by atoms with Crippen LogP contribution >= 0.6 is 0 Å². The van der Waals surface area contributed by atoms with E-state index in [0.717, 1.165) is 37.6 Å². The molecular weight excluding hydrogens is 252 g/mol. The third-order valence-electron chi connectivity index (χ3n) is 3.33. The van der Waals surface area contributed by atoms with Crippen LogP contribution in [0.4, 0.5) is 5.82 Å². The molecule has 1 aromatic rings. The number of nitrogens with zero attached hydrogens (tertiary/aromatic N) is 3. The monoisotopic (exact) mass is 282 g/mol. The Morgan fingerprint density at radius 2 is 2.05 bits per heavy atom. The van der Waals surface area contributed by atoms with Crippen molar-refractivity contribution in [3.63, 3.8) is 0 Å². The minimum atomic E-state index is 0.170. The van der Waals surface area contributed by atoms with Gasteiger partial charge in [0.25, 0.3) is 0 Å². The number of aliphatic hydroxyl groups is 1. The second-order valence-electron chi connectivity index (χ2n) is 5.75. The summed E-state index contributed by atoms with van der Waals surface area (Å²) in [6, 6.07) is 0. The van der Waals surface area contributed by atoms with Crippen LogP contribution in [-0.2, 0) is 13.6 Å². The number of anilines is 1. The lowest BCUT2D eigenvalue weighted by Crippen LogP contribution is -2.31. The summed E-state index contributed by atoms with van der Waals surface area (Å²) in [5.41, 5.74) is 2.31. The van der Waals surface area contributed by atoms with Crippen LogP contribution in [0.15, 0.2) is 0 Å². The highest BCUT2D eigenvalue weighted by atomic mass is 16.3. The van der Waals surface area contributed by atoms with Crippen molar-refractivity contribution in [3.05, 3.63) is 11.3 Å². The average Bonchev–Trinajstić information content (AvgIpc) is 2.64. The predicted molar refractivity (Wildman–Crippen MR) is 84.1 cm³/mol. The number of aryl methyl sites for hydroxylation is 2. The molecule has 0 aliphatic carbocycles. The molecule has 0 unspecified atom stereocenters. The molecule has 20 heavy (non-hydrogen) atoms. The van der Waals surface area contributed by atoms with E-state index in [4.69, 9.17) is 0 Å². The lowest BCUT2D eigenvalue weighted by molar-refractivity contribution is 0.301. The van der Waals surface area contributed by atoms with E-state index in [1.165, 1.54) is 5.56 Å². The van der Waals surface area contributed by atoms with E-state index in [9.17, 15) is 5.11 Å². The molecular formula is C15H30N4O.